The van der Waals surface area contributed by atoms with Gasteiger partial charge in [0, 0.05) is 55.3 Å². The Morgan fingerprint density at radius 3 is 2.27 bits per heavy atom. The van der Waals surface area contributed by atoms with Crippen molar-refractivity contribution in [2.24, 2.45) is 5.92 Å². The van der Waals surface area contributed by atoms with Crippen molar-refractivity contribution < 1.29 is 14.3 Å². The molecule has 1 aliphatic carbocycles. The predicted octanol–water partition coefficient (Wildman–Crippen LogP) is 4.82. The molecule has 7 nitrogen and oxygen atoms in total. The zero-order valence-electron chi connectivity index (χ0n) is 19.8. The van der Waals surface area contributed by atoms with E-state index < -0.39 is 11.7 Å². The van der Waals surface area contributed by atoms with Crippen LogP contribution in [-0.4, -0.2) is 55.2 Å². The van der Waals surface area contributed by atoms with Gasteiger partial charge in [0.25, 0.3) is 5.91 Å². The minimum absolute atomic E-state index is 0.190. The highest BCUT2D eigenvalue weighted by Crippen LogP contribution is 2.30. The Labute approximate surface area is 196 Å². The lowest BCUT2D eigenvalue weighted by atomic mass is 10.1. The number of hydrogen-bond donors (Lipinski definition) is 2. The molecule has 1 heterocycles. The molecule has 7 heteroatoms. The Kier molecular flexibility index (Phi) is 6.88. The van der Waals surface area contributed by atoms with Crippen molar-refractivity contribution in [2.45, 2.75) is 39.2 Å². The Morgan fingerprint density at radius 1 is 0.939 bits per heavy atom. The molecule has 2 aliphatic rings. The third kappa shape index (κ3) is 6.96. The molecule has 33 heavy (non-hydrogen) atoms. The molecule has 0 spiro atoms. The average Bonchev–Trinajstić information content (AvgIpc) is 3.57. The third-order valence-corrected chi connectivity index (χ3v) is 5.85. The minimum atomic E-state index is -0.567. The first-order valence-corrected chi connectivity index (χ1v) is 11.7. The molecule has 2 N–H and O–H groups in total. The van der Waals surface area contributed by atoms with Gasteiger partial charge in [0.1, 0.15) is 5.60 Å². The molecule has 0 unspecified atom stereocenters. The van der Waals surface area contributed by atoms with Crippen molar-refractivity contribution >= 4 is 29.1 Å². The molecule has 0 aromatic heterocycles. The molecule has 1 aliphatic heterocycles. The number of carbonyl (C=O) groups excluding carboxylic acids is 2. The highest BCUT2D eigenvalue weighted by molar-refractivity contribution is 6.04. The Morgan fingerprint density at radius 2 is 1.64 bits per heavy atom. The maximum atomic E-state index is 12.7. The van der Waals surface area contributed by atoms with Crippen molar-refractivity contribution in [1.82, 2.24) is 4.90 Å². The summed E-state index contributed by atoms with van der Waals surface area (Å²) in [7, 11) is 0. The highest BCUT2D eigenvalue weighted by atomic mass is 16.6. The molecule has 2 amide bonds. The van der Waals surface area contributed by atoms with Gasteiger partial charge in [-0.15, -0.1) is 0 Å². The number of rotatable bonds is 6. The van der Waals surface area contributed by atoms with E-state index in [0.717, 1.165) is 43.5 Å². The molecular weight excluding hydrogens is 416 g/mol. The van der Waals surface area contributed by atoms with Gasteiger partial charge in [-0.2, -0.15) is 0 Å². The van der Waals surface area contributed by atoms with Gasteiger partial charge in [-0.1, -0.05) is 6.07 Å². The largest absolute Gasteiger partial charge is 0.444 e. The predicted molar refractivity (Wildman–Crippen MR) is 132 cm³/mol. The molecule has 1 saturated heterocycles. The summed E-state index contributed by atoms with van der Waals surface area (Å²) >= 11 is 0. The van der Waals surface area contributed by atoms with Crippen molar-refractivity contribution in [2.75, 3.05) is 48.3 Å². The second-order valence-electron chi connectivity index (χ2n) is 9.94. The van der Waals surface area contributed by atoms with E-state index in [1.165, 1.54) is 19.4 Å². The van der Waals surface area contributed by atoms with E-state index in [1.54, 1.807) is 24.3 Å². The van der Waals surface area contributed by atoms with Crippen LogP contribution in [-0.2, 0) is 4.74 Å². The minimum Gasteiger partial charge on any atom is -0.444 e. The second kappa shape index (κ2) is 9.83. The van der Waals surface area contributed by atoms with Crippen LogP contribution >= 0.6 is 0 Å². The van der Waals surface area contributed by atoms with E-state index in [-0.39, 0.29) is 5.91 Å². The van der Waals surface area contributed by atoms with E-state index in [9.17, 15) is 9.59 Å². The normalized spacial score (nSPS) is 16.9. The van der Waals surface area contributed by atoms with Gasteiger partial charge >= 0.3 is 6.09 Å². The van der Waals surface area contributed by atoms with E-state index in [0.29, 0.717) is 11.3 Å². The summed E-state index contributed by atoms with van der Waals surface area (Å²) in [5.41, 5.74) is 2.43. The summed E-state index contributed by atoms with van der Waals surface area (Å²) in [6.07, 6.45) is 2.26. The lowest BCUT2D eigenvalue weighted by Gasteiger charge is -2.36. The Bertz CT molecular complexity index is 972. The number of ether oxygens (including phenoxy) is 1. The molecule has 0 radical (unpaired) electrons. The molecule has 2 aromatic rings. The molecule has 1 saturated carbocycles. The average molecular weight is 451 g/mol. The van der Waals surface area contributed by atoms with Crippen LogP contribution in [0.5, 0.6) is 0 Å². The van der Waals surface area contributed by atoms with Crippen molar-refractivity contribution in [3.63, 3.8) is 0 Å². The van der Waals surface area contributed by atoms with Gasteiger partial charge in [-0.3, -0.25) is 15.0 Å². The van der Waals surface area contributed by atoms with Gasteiger partial charge < -0.3 is 15.0 Å². The third-order valence-electron chi connectivity index (χ3n) is 5.85. The molecule has 2 aromatic carbocycles. The van der Waals surface area contributed by atoms with E-state index in [2.05, 4.69) is 26.5 Å². The van der Waals surface area contributed by atoms with E-state index >= 15 is 0 Å². The van der Waals surface area contributed by atoms with Crippen LogP contribution in [0.2, 0.25) is 0 Å². The fourth-order valence-electron chi connectivity index (χ4n) is 3.96. The Balaban J connectivity index is 1.30. The summed E-state index contributed by atoms with van der Waals surface area (Å²) in [6, 6.07) is 14.8. The maximum Gasteiger partial charge on any atom is 0.412 e. The Hall–Kier alpha value is -3.06. The molecule has 2 fully saturated rings. The number of anilines is 3. The molecule has 4 rings (SSSR count). The number of carbonyl (C=O) groups is 2. The zero-order chi connectivity index (χ0) is 23.4. The summed E-state index contributed by atoms with van der Waals surface area (Å²) in [4.78, 5) is 29.6. The van der Waals surface area contributed by atoms with Gasteiger partial charge in [-0.25, -0.2) is 4.79 Å². The second-order valence-corrected chi connectivity index (χ2v) is 9.94. The van der Waals surface area contributed by atoms with Gasteiger partial charge in [-0.05, 0) is 82.0 Å². The number of amides is 2. The first kappa shape index (κ1) is 23.1. The number of hydrogen-bond acceptors (Lipinski definition) is 5. The van der Waals surface area contributed by atoms with Crippen LogP contribution in [0.4, 0.5) is 21.9 Å². The molecule has 0 atom stereocenters. The van der Waals surface area contributed by atoms with Crippen LogP contribution in [0.3, 0.4) is 0 Å². The summed E-state index contributed by atoms with van der Waals surface area (Å²) in [5, 5.41) is 5.66. The molecule has 0 bridgehead atoms. The summed E-state index contributed by atoms with van der Waals surface area (Å²) in [5.74, 6) is 0.738. The standard InChI is InChI=1S/C26H34N4O3/c1-26(2,3)33-25(32)28-21-11-9-20(10-12-21)24(31)27-22-5-4-6-23(17-22)30-15-13-29(14-16-30)18-19-7-8-19/h4-6,9-12,17,19H,7-8,13-16,18H2,1-3H3,(H,27,31)(H,28,32). The number of piperazine rings is 1. The number of nitrogens with zero attached hydrogens (tertiary/aromatic N) is 2. The summed E-state index contributed by atoms with van der Waals surface area (Å²) in [6.45, 7) is 10.9. The monoisotopic (exact) mass is 450 g/mol. The van der Waals surface area contributed by atoms with Crippen LogP contribution in [0.15, 0.2) is 48.5 Å². The fraction of sp³-hybridized carbons (Fsp3) is 0.462. The maximum absolute atomic E-state index is 12.7. The highest BCUT2D eigenvalue weighted by Gasteiger charge is 2.26. The van der Waals surface area contributed by atoms with Gasteiger partial charge in [0.15, 0.2) is 0 Å². The lowest BCUT2D eigenvalue weighted by Crippen LogP contribution is -2.47. The first-order valence-electron chi connectivity index (χ1n) is 11.7. The molecule has 176 valence electrons. The summed E-state index contributed by atoms with van der Waals surface area (Å²) < 4.78 is 5.25. The smallest absolute Gasteiger partial charge is 0.412 e. The van der Waals surface area contributed by atoms with Crippen molar-refractivity contribution in [3.05, 3.63) is 54.1 Å². The lowest BCUT2D eigenvalue weighted by molar-refractivity contribution is 0.0636. The van der Waals surface area contributed by atoms with Gasteiger partial charge in [0.2, 0.25) is 0 Å². The van der Waals surface area contributed by atoms with Crippen LogP contribution in [0.1, 0.15) is 44.0 Å². The molecular formula is C26H34N4O3. The fourth-order valence-corrected chi connectivity index (χ4v) is 3.96. The quantitative estimate of drug-likeness (QED) is 0.660. The van der Waals surface area contributed by atoms with Crippen LogP contribution < -0.4 is 15.5 Å². The van der Waals surface area contributed by atoms with Gasteiger partial charge in [0.05, 0.1) is 0 Å². The van der Waals surface area contributed by atoms with E-state index in [1.807, 2.05) is 39.0 Å². The first-order chi connectivity index (χ1) is 15.7. The van der Waals surface area contributed by atoms with Crippen molar-refractivity contribution in [1.29, 1.82) is 0 Å². The topological polar surface area (TPSA) is 73.9 Å². The van der Waals surface area contributed by atoms with Crippen LogP contribution in [0, 0.1) is 5.92 Å². The zero-order valence-corrected chi connectivity index (χ0v) is 19.8. The SMILES string of the molecule is CC(C)(C)OC(=O)Nc1ccc(C(=O)Nc2cccc(N3CCN(CC4CC4)CC3)c2)cc1. The number of benzene rings is 2. The van der Waals surface area contributed by atoms with Crippen LogP contribution in [0.25, 0.3) is 0 Å². The van der Waals surface area contributed by atoms with Crippen molar-refractivity contribution in [3.8, 4) is 0 Å². The van der Waals surface area contributed by atoms with E-state index in [4.69, 9.17) is 4.74 Å². The number of nitrogens with one attached hydrogen (secondary N) is 2.